The minimum absolute atomic E-state index is 0.0813. The lowest BCUT2D eigenvalue weighted by atomic mass is 9.93. The number of hydrogen-bond donors (Lipinski definition) is 2. The van der Waals surface area contributed by atoms with Crippen molar-refractivity contribution in [3.05, 3.63) is 16.1 Å². The van der Waals surface area contributed by atoms with Crippen LogP contribution in [0.3, 0.4) is 0 Å². The molecular formula is C12H21N3OS. The molecule has 1 atom stereocenters. The number of nitrogens with zero attached hydrogens (tertiary/aromatic N) is 1. The third-order valence-electron chi connectivity index (χ3n) is 3.07. The van der Waals surface area contributed by atoms with E-state index in [1.54, 1.807) is 11.3 Å². The van der Waals surface area contributed by atoms with E-state index in [1.165, 1.54) is 0 Å². The van der Waals surface area contributed by atoms with E-state index in [0.717, 1.165) is 9.88 Å². The lowest BCUT2D eigenvalue weighted by Crippen LogP contribution is -2.53. The summed E-state index contributed by atoms with van der Waals surface area (Å²) in [5, 5.41) is 3.86. The standard InChI is InChI=1S/C12H21N3OS/c1-5-12(13,6-2)11(16)15-9(4)10-14-7-8(3)17-10/h7,9H,5-6,13H2,1-4H3,(H,15,16). The van der Waals surface area contributed by atoms with Crippen LogP contribution in [0.2, 0.25) is 0 Å². The van der Waals surface area contributed by atoms with Crippen molar-refractivity contribution in [3.8, 4) is 0 Å². The van der Waals surface area contributed by atoms with Crippen LogP contribution in [0.25, 0.3) is 0 Å². The predicted molar refractivity (Wildman–Crippen MR) is 70.9 cm³/mol. The van der Waals surface area contributed by atoms with Crippen molar-refractivity contribution in [1.29, 1.82) is 0 Å². The van der Waals surface area contributed by atoms with Gasteiger partial charge in [-0.2, -0.15) is 0 Å². The molecular weight excluding hydrogens is 234 g/mol. The maximum absolute atomic E-state index is 12.1. The van der Waals surface area contributed by atoms with Crippen molar-refractivity contribution < 1.29 is 4.79 Å². The maximum atomic E-state index is 12.1. The average Bonchev–Trinajstić information content (AvgIpc) is 2.74. The lowest BCUT2D eigenvalue weighted by Gasteiger charge is -2.26. The molecule has 1 aromatic heterocycles. The zero-order chi connectivity index (χ0) is 13.1. The van der Waals surface area contributed by atoms with Gasteiger partial charge in [-0.25, -0.2) is 4.98 Å². The minimum atomic E-state index is -0.763. The summed E-state index contributed by atoms with van der Waals surface area (Å²) in [6.45, 7) is 7.80. The van der Waals surface area contributed by atoms with Crippen LogP contribution in [0.5, 0.6) is 0 Å². The second-order valence-corrected chi connectivity index (χ2v) is 5.63. The summed E-state index contributed by atoms with van der Waals surface area (Å²) < 4.78 is 0. The second kappa shape index (κ2) is 5.60. The SMILES string of the molecule is CCC(N)(CC)C(=O)NC(C)c1ncc(C)s1. The Balaban J connectivity index is 2.69. The smallest absolute Gasteiger partial charge is 0.240 e. The van der Waals surface area contributed by atoms with E-state index in [0.29, 0.717) is 12.8 Å². The number of hydrogen-bond acceptors (Lipinski definition) is 4. The summed E-state index contributed by atoms with van der Waals surface area (Å²) in [5.41, 5.74) is 5.28. The van der Waals surface area contributed by atoms with Crippen LogP contribution in [0.15, 0.2) is 6.20 Å². The summed E-state index contributed by atoms with van der Waals surface area (Å²) in [4.78, 5) is 17.5. The van der Waals surface area contributed by atoms with Gasteiger partial charge in [-0.1, -0.05) is 13.8 Å². The fraction of sp³-hybridized carbons (Fsp3) is 0.667. The van der Waals surface area contributed by atoms with E-state index in [2.05, 4.69) is 10.3 Å². The Morgan fingerprint density at radius 2 is 2.18 bits per heavy atom. The summed E-state index contributed by atoms with van der Waals surface area (Å²) in [6, 6.07) is -0.0813. The molecule has 0 saturated carbocycles. The molecule has 0 bridgehead atoms. The Morgan fingerprint density at radius 3 is 2.59 bits per heavy atom. The van der Waals surface area contributed by atoms with Crippen LogP contribution < -0.4 is 11.1 Å². The molecule has 0 saturated heterocycles. The van der Waals surface area contributed by atoms with E-state index in [1.807, 2.05) is 33.9 Å². The topological polar surface area (TPSA) is 68.0 Å². The molecule has 0 radical (unpaired) electrons. The van der Waals surface area contributed by atoms with Gasteiger partial charge in [0.1, 0.15) is 5.01 Å². The van der Waals surface area contributed by atoms with Crippen LogP contribution >= 0.6 is 11.3 Å². The van der Waals surface area contributed by atoms with Crippen molar-refractivity contribution in [2.24, 2.45) is 5.73 Å². The molecule has 1 unspecified atom stereocenters. The highest BCUT2D eigenvalue weighted by Gasteiger charge is 2.31. The average molecular weight is 255 g/mol. The van der Waals surface area contributed by atoms with Gasteiger partial charge in [-0.3, -0.25) is 4.79 Å². The van der Waals surface area contributed by atoms with Gasteiger partial charge in [-0.15, -0.1) is 11.3 Å². The zero-order valence-electron chi connectivity index (χ0n) is 10.9. The second-order valence-electron chi connectivity index (χ2n) is 4.37. The molecule has 1 amide bonds. The van der Waals surface area contributed by atoms with Crippen molar-refractivity contribution in [2.75, 3.05) is 0 Å². The quantitative estimate of drug-likeness (QED) is 0.847. The first-order valence-electron chi connectivity index (χ1n) is 5.95. The highest BCUT2D eigenvalue weighted by Crippen LogP contribution is 2.20. The molecule has 1 rings (SSSR count). The summed E-state index contributed by atoms with van der Waals surface area (Å²) in [6.07, 6.45) is 3.09. The molecule has 0 aliphatic heterocycles. The van der Waals surface area contributed by atoms with E-state index < -0.39 is 5.54 Å². The summed E-state index contributed by atoms with van der Waals surface area (Å²) >= 11 is 1.60. The fourth-order valence-electron chi connectivity index (χ4n) is 1.55. The molecule has 96 valence electrons. The molecule has 0 spiro atoms. The zero-order valence-corrected chi connectivity index (χ0v) is 11.7. The number of carbonyl (C=O) groups is 1. The Hall–Kier alpha value is -0.940. The van der Waals surface area contributed by atoms with Gasteiger partial charge in [0, 0.05) is 11.1 Å². The number of amides is 1. The maximum Gasteiger partial charge on any atom is 0.240 e. The van der Waals surface area contributed by atoms with Crippen molar-refractivity contribution in [2.45, 2.75) is 52.1 Å². The summed E-state index contributed by atoms with van der Waals surface area (Å²) in [5.74, 6) is -0.0946. The first-order chi connectivity index (χ1) is 7.92. The highest BCUT2D eigenvalue weighted by atomic mass is 32.1. The molecule has 4 nitrogen and oxygen atoms in total. The molecule has 0 aliphatic carbocycles. The van der Waals surface area contributed by atoms with Gasteiger partial charge < -0.3 is 11.1 Å². The number of carbonyl (C=O) groups excluding carboxylic acids is 1. The number of nitrogens with one attached hydrogen (secondary N) is 1. The molecule has 0 aromatic carbocycles. The lowest BCUT2D eigenvalue weighted by molar-refractivity contribution is -0.127. The molecule has 0 aliphatic rings. The Labute approximate surface area is 107 Å². The minimum Gasteiger partial charge on any atom is -0.346 e. The van der Waals surface area contributed by atoms with E-state index >= 15 is 0 Å². The monoisotopic (exact) mass is 255 g/mol. The third-order valence-corrected chi connectivity index (χ3v) is 4.17. The van der Waals surface area contributed by atoms with Crippen LogP contribution in [0.1, 0.15) is 49.5 Å². The third kappa shape index (κ3) is 3.26. The van der Waals surface area contributed by atoms with Crippen molar-refractivity contribution in [3.63, 3.8) is 0 Å². The fourth-order valence-corrected chi connectivity index (χ4v) is 2.32. The van der Waals surface area contributed by atoms with E-state index in [4.69, 9.17) is 5.73 Å². The molecule has 17 heavy (non-hydrogen) atoms. The number of aryl methyl sites for hydroxylation is 1. The van der Waals surface area contributed by atoms with Crippen molar-refractivity contribution in [1.82, 2.24) is 10.3 Å². The highest BCUT2D eigenvalue weighted by molar-refractivity contribution is 7.11. The van der Waals surface area contributed by atoms with Gasteiger partial charge in [0.25, 0.3) is 0 Å². The number of thiazole rings is 1. The predicted octanol–water partition coefficient (Wildman–Crippen LogP) is 2.15. The number of rotatable bonds is 5. The van der Waals surface area contributed by atoms with Gasteiger partial charge in [0.05, 0.1) is 11.6 Å². The first kappa shape index (κ1) is 14.1. The molecule has 1 aromatic rings. The largest absolute Gasteiger partial charge is 0.346 e. The van der Waals surface area contributed by atoms with E-state index in [9.17, 15) is 4.79 Å². The molecule has 3 N–H and O–H groups in total. The van der Waals surface area contributed by atoms with Crippen LogP contribution in [0, 0.1) is 6.92 Å². The molecule has 5 heteroatoms. The van der Waals surface area contributed by atoms with Gasteiger partial charge in [-0.05, 0) is 26.7 Å². The van der Waals surface area contributed by atoms with Crippen LogP contribution in [0.4, 0.5) is 0 Å². The van der Waals surface area contributed by atoms with Crippen molar-refractivity contribution >= 4 is 17.2 Å². The summed E-state index contributed by atoms with van der Waals surface area (Å²) in [7, 11) is 0. The Morgan fingerprint density at radius 1 is 1.59 bits per heavy atom. The van der Waals surface area contributed by atoms with Gasteiger partial charge in [0.15, 0.2) is 0 Å². The first-order valence-corrected chi connectivity index (χ1v) is 6.76. The van der Waals surface area contributed by atoms with Crippen LogP contribution in [-0.2, 0) is 4.79 Å². The van der Waals surface area contributed by atoms with Gasteiger partial charge in [0.2, 0.25) is 5.91 Å². The van der Waals surface area contributed by atoms with Crippen LogP contribution in [-0.4, -0.2) is 16.4 Å². The Kier molecular flexibility index (Phi) is 4.65. The molecule has 0 fully saturated rings. The van der Waals surface area contributed by atoms with Gasteiger partial charge >= 0.3 is 0 Å². The molecule has 1 heterocycles. The number of aromatic nitrogens is 1. The van der Waals surface area contributed by atoms with E-state index in [-0.39, 0.29) is 11.9 Å². The number of nitrogens with two attached hydrogens (primary N) is 1. The normalized spacial score (nSPS) is 13.5. The Bertz CT molecular complexity index is 385.